The molecule has 2 aliphatic carbocycles. The monoisotopic (exact) mass is 150 g/mol. The SMILES string of the molecule is O=C1CCCC[C@@H]2C=CC[C@H]12. The number of allylic oxidation sites excluding steroid dienone is 2. The average molecular weight is 150 g/mol. The van der Waals surface area contributed by atoms with Gasteiger partial charge in [-0.2, -0.15) is 0 Å². The van der Waals surface area contributed by atoms with Gasteiger partial charge in [0.05, 0.1) is 0 Å². The molecule has 2 aliphatic rings. The minimum absolute atomic E-state index is 0.373. The van der Waals surface area contributed by atoms with Crippen molar-refractivity contribution < 1.29 is 4.79 Å². The Bertz CT molecular complexity index is 193. The van der Waals surface area contributed by atoms with Crippen LogP contribution in [0.3, 0.4) is 0 Å². The van der Waals surface area contributed by atoms with Crippen LogP contribution >= 0.6 is 0 Å². The molecule has 60 valence electrons. The number of fused-ring (bicyclic) bond motifs is 1. The van der Waals surface area contributed by atoms with Crippen molar-refractivity contribution in [2.75, 3.05) is 0 Å². The smallest absolute Gasteiger partial charge is 0.136 e. The highest BCUT2D eigenvalue weighted by Crippen LogP contribution is 2.34. The molecule has 0 heterocycles. The van der Waals surface area contributed by atoms with Gasteiger partial charge < -0.3 is 0 Å². The Balaban J connectivity index is 2.13. The summed E-state index contributed by atoms with van der Waals surface area (Å²) >= 11 is 0. The lowest BCUT2D eigenvalue weighted by Crippen LogP contribution is -2.16. The number of ketones is 1. The van der Waals surface area contributed by atoms with E-state index in [9.17, 15) is 4.79 Å². The lowest BCUT2D eigenvalue weighted by Gasteiger charge is -2.12. The standard InChI is InChI=1S/C10H14O/c11-10-7-2-1-4-8-5-3-6-9(8)10/h3,5,8-9H,1-2,4,6-7H2/t8-,9+/m1/s1. The molecule has 1 heteroatoms. The molecule has 1 nitrogen and oxygen atoms in total. The van der Waals surface area contributed by atoms with E-state index < -0.39 is 0 Å². The highest BCUT2D eigenvalue weighted by molar-refractivity contribution is 5.82. The van der Waals surface area contributed by atoms with E-state index in [0.717, 1.165) is 19.3 Å². The maximum Gasteiger partial charge on any atom is 0.136 e. The van der Waals surface area contributed by atoms with Crippen molar-refractivity contribution in [1.82, 2.24) is 0 Å². The van der Waals surface area contributed by atoms with Crippen LogP contribution < -0.4 is 0 Å². The van der Waals surface area contributed by atoms with Gasteiger partial charge in [0, 0.05) is 12.3 Å². The van der Waals surface area contributed by atoms with Crippen LogP contribution in [0.25, 0.3) is 0 Å². The maximum absolute atomic E-state index is 11.5. The Hall–Kier alpha value is -0.590. The molecule has 1 fully saturated rings. The van der Waals surface area contributed by atoms with Crippen LogP contribution in [0.4, 0.5) is 0 Å². The molecule has 0 bridgehead atoms. The third kappa shape index (κ3) is 1.24. The summed E-state index contributed by atoms with van der Waals surface area (Å²) in [6, 6.07) is 0. The minimum Gasteiger partial charge on any atom is -0.299 e. The zero-order valence-corrected chi connectivity index (χ0v) is 6.75. The fourth-order valence-corrected chi connectivity index (χ4v) is 2.24. The molecule has 0 amide bonds. The van der Waals surface area contributed by atoms with Gasteiger partial charge in [-0.15, -0.1) is 0 Å². The predicted molar refractivity (Wildman–Crippen MR) is 44.2 cm³/mol. The van der Waals surface area contributed by atoms with E-state index in [1.807, 2.05) is 0 Å². The molecule has 0 N–H and O–H groups in total. The first kappa shape index (κ1) is 7.08. The van der Waals surface area contributed by atoms with E-state index >= 15 is 0 Å². The number of rotatable bonds is 0. The number of Topliss-reactive ketones (excluding diaryl/α,β-unsaturated/α-hetero) is 1. The molecule has 0 aliphatic heterocycles. The summed E-state index contributed by atoms with van der Waals surface area (Å²) in [7, 11) is 0. The zero-order chi connectivity index (χ0) is 7.68. The van der Waals surface area contributed by atoms with Crippen LogP contribution in [-0.2, 0) is 4.79 Å². The minimum atomic E-state index is 0.373. The molecule has 0 aromatic heterocycles. The molecule has 0 spiro atoms. The van der Waals surface area contributed by atoms with Crippen LogP contribution in [0.5, 0.6) is 0 Å². The first-order valence-corrected chi connectivity index (χ1v) is 4.57. The lowest BCUT2D eigenvalue weighted by molar-refractivity contribution is -0.123. The van der Waals surface area contributed by atoms with Crippen molar-refractivity contribution in [2.45, 2.75) is 32.1 Å². The molecular formula is C10H14O. The van der Waals surface area contributed by atoms with Crippen molar-refractivity contribution in [1.29, 1.82) is 0 Å². The number of carbonyl (C=O) groups excluding carboxylic acids is 1. The average Bonchev–Trinajstić information content (AvgIpc) is 2.40. The van der Waals surface area contributed by atoms with Gasteiger partial charge in [-0.3, -0.25) is 4.79 Å². The molecule has 1 saturated carbocycles. The normalized spacial score (nSPS) is 36.9. The van der Waals surface area contributed by atoms with Crippen molar-refractivity contribution in [2.24, 2.45) is 11.8 Å². The number of hydrogen-bond donors (Lipinski definition) is 0. The van der Waals surface area contributed by atoms with Crippen LogP contribution in [0, 0.1) is 11.8 Å². The Morgan fingerprint density at radius 1 is 1.36 bits per heavy atom. The van der Waals surface area contributed by atoms with E-state index in [2.05, 4.69) is 12.2 Å². The van der Waals surface area contributed by atoms with Crippen molar-refractivity contribution >= 4 is 5.78 Å². The summed E-state index contributed by atoms with van der Waals surface area (Å²) in [5.41, 5.74) is 0. The summed E-state index contributed by atoms with van der Waals surface area (Å²) in [5.74, 6) is 1.49. The summed E-state index contributed by atoms with van der Waals surface area (Å²) in [6.45, 7) is 0. The van der Waals surface area contributed by atoms with Gasteiger partial charge in [-0.05, 0) is 25.2 Å². The highest BCUT2D eigenvalue weighted by Gasteiger charge is 2.30. The molecule has 0 unspecified atom stereocenters. The molecular weight excluding hydrogens is 136 g/mol. The molecule has 0 radical (unpaired) electrons. The van der Waals surface area contributed by atoms with E-state index in [4.69, 9.17) is 0 Å². The summed E-state index contributed by atoms with van der Waals surface area (Å²) in [5, 5.41) is 0. The molecule has 11 heavy (non-hydrogen) atoms. The fraction of sp³-hybridized carbons (Fsp3) is 0.700. The first-order chi connectivity index (χ1) is 5.38. The van der Waals surface area contributed by atoms with Crippen molar-refractivity contribution in [3.63, 3.8) is 0 Å². The Morgan fingerprint density at radius 3 is 3.18 bits per heavy atom. The Morgan fingerprint density at radius 2 is 2.27 bits per heavy atom. The second-order valence-corrected chi connectivity index (χ2v) is 3.65. The van der Waals surface area contributed by atoms with E-state index in [1.54, 1.807) is 0 Å². The topological polar surface area (TPSA) is 17.1 Å². The van der Waals surface area contributed by atoms with E-state index in [-0.39, 0.29) is 0 Å². The van der Waals surface area contributed by atoms with Gasteiger partial charge in [-0.1, -0.05) is 18.6 Å². The van der Waals surface area contributed by atoms with Crippen LogP contribution in [0.1, 0.15) is 32.1 Å². The van der Waals surface area contributed by atoms with E-state index in [1.165, 1.54) is 12.8 Å². The maximum atomic E-state index is 11.5. The van der Waals surface area contributed by atoms with Crippen molar-refractivity contribution in [3.8, 4) is 0 Å². The summed E-state index contributed by atoms with van der Waals surface area (Å²) in [4.78, 5) is 11.5. The third-order valence-corrected chi connectivity index (χ3v) is 2.91. The van der Waals surface area contributed by atoms with Crippen LogP contribution in [0.2, 0.25) is 0 Å². The molecule has 2 atom stereocenters. The second-order valence-electron chi connectivity index (χ2n) is 3.65. The predicted octanol–water partition coefficient (Wildman–Crippen LogP) is 2.32. The molecule has 0 saturated heterocycles. The fourth-order valence-electron chi connectivity index (χ4n) is 2.24. The van der Waals surface area contributed by atoms with Crippen LogP contribution in [-0.4, -0.2) is 5.78 Å². The van der Waals surface area contributed by atoms with E-state index in [0.29, 0.717) is 17.6 Å². The zero-order valence-electron chi connectivity index (χ0n) is 6.75. The van der Waals surface area contributed by atoms with Gasteiger partial charge in [0.15, 0.2) is 0 Å². The van der Waals surface area contributed by atoms with Gasteiger partial charge in [0.25, 0.3) is 0 Å². The quantitative estimate of drug-likeness (QED) is 0.484. The summed E-state index contributed by atoms with van der Waals surface area (Å²) in [6.07, 6.45) is 9.89. The van der Waals surface area contributed by atoms with Gasteiger partial charge in [0.2, 0.25) is 0 Å². The largest absolute Gasteiger partial charge is 0.299 e. The van der Waals surface area contributed by atoms with Crippen LogP contribution in [0.15, 0.2) is 12.2 Å². The molecule has 0 aromatic carbocycles. The Kier molecular flexibility index (Phi) is 1.80. The number of hydrogen-bond acceptors (Lipinski definition) is 1. The number of carbonyl (C=O) groups is 1. The first-order valence-electron chi connectivity index (χ1n) is 4.57. The lowest BCUT2D eigenvalue weighted by atomic mass is 9.90. The third-order valence-electron chi connectivity index (χ3n) is 2.91. The van der Waals surface area contributed by atoms with Gasteiger partial charge in [-0.25, -0.2) is 0 Å². The van der Waals surface area contributed by atoms with Gasteiger partial charge in [0.1, 0.15) is 5.78 Å². The summed E-state index contributed by atoms with van der Waals surface area (Å²) < 4.78 is 0. The second kappa shape index (κ2) is 2.80. The van der Waals surface area contributed by atoms with Gasteiger partial charge >= 0.3 is 0 Å². The molecule has 0 aromatic rings. The Labute approximate surface area is 67.5 Å². The van der Waals surface area contributed by atoms with Crippen molar-refractivity contribution in [3.05, 3.63) is 12.2 Å². The molecule has 2 rings (SSSR count). The highest BCUT2D eigenvalue weighted by atomic mass is 16.1.